The van der Waals surface area contributed by atoms with Crippen molar-refractivity contribution in [2.75, 3.05) is 30.3 Å². The molecule has 0 unspecified atom stereocenters. The van der Waals surface area contributed by atoms with Crippen LogP contribution >= 0.6 is 0 Å². The topological polar surface area (TPSA) is 108 Å². The molecule has 9 nitrogen and oxygen atoms in total. The van der Waals surface area contributed by atoms with Gasteiger partial charge in [0.15, 0.2) is 0 Å². The first-order chi connectivity index (χ1) is 22.8. The summed E-state index contributed by atoms with van der Waals surface area (Å²) >= 11 is 0. The largest absolute Gasteiger partial charge is 0.481 e. The first-order valence-corrected chi connectivity index (χ1v) is 18.2. The molecular weight excluding hydrogens is 586 g/mol. The number of carboxylic acids is 1. The number of rotatable bonds is 11. The summed E-state index contributed by atoms with van der Waals surface area (Å²) < 4.78 is 1.91. The number of nitrogens with one attached hydrogen (secondary N) is 2. The Bertz CT molecular complexity index is 1530. The molecule has 3 fully saturated rings. The predicted octanol–water partition coefficient (Wildman–Crippen LogP) is 7.15. The Kier molecular flexibility index (Phi) is 9.27. The van der Waals surface area contributed by atoms with E-state index in [1.54, 1.807) is 0 Å². The molecule has 47 heavy (non-hydrogen) atoms. The lowest BCUT2D eigenvalue weighted by Gasteiger charge is -2.37. The Morgan fingerprint density at radius 3 is 2.53 bits per heavy atom. The molecule has 0 amide bonds. The highest BCUT2D eigenvalue weighted by Crippen LogP contribution is 2.52. The van der Waals surface area contributed by atoms with Gasteiger partial charge in [-0.2, -0.15) is 10.1 Å². The van der Waals surface area contributed by atoms with E-state index < -0.39 is 5.97 Å². The average molecular weight is 640 g/mol. The van der Waals surface area contributed by atoms with E-state index in [0.29, 0.717) is 23.2 Å². The van der Waals surface area contributed by atoms with Crippen LogP contribution in [0.3, 0.4) is 0 Å². The van der Waals surface area contributed by atoms with E-state index in [0.717, 1.165) is 69.5 Å². The molecule has 252 valence electrons. The molecule has 4 aliphatic rings. The van der Waals surface area contributed by atoms with Crippen LogP contribution in [0.25, 0.3) is 0 Å². The van der Waals surface area contributed by atoms with E-state index in [2.05, 4.69) is 71.0 Å². The summed E-state index contributed by atoms with van der Waals surface area (Å²) in [4.78, 5) is 24.8. The molecule has 1 spiro atoms. The number of carbonyl (C=O) groups is 1. The van der Waals surface area contributed by atoms with Gasteiger partial charge < -0.3 is 20.6 Å². The van der Waals surface area contributed by atoms with Gasteiger partial charge in [0, 0.05) is 43.5 Å². The maximum Gasteiger partial charge on any atom is 0.306 e. The van der Waals surface area contributed by atoms with Gasteiger partial charge in [-0.25, -0.2) is 4.98 Å². The highest BCUT2D eigenvalue weighted by Gasteiger charge is 2.45. The molecule has 2 saturated carbocycles. The van der Waals surface area contributed by atoms with Crippen LogP contribution in [0.2, 0.25) is 0 Å². The van der Waals surface area contributed by atoms with E-state index >= 15 is 0 Å². The fourth-order valence-electron chi connectivity index (χ4n) is 9.07. The summed E-state index contributed by atoms with van der Waals surface area (Å²) in [6, 6.07) is 11.2. The second kappa shape index (κ2) is 13.6. The van der Waals surface area contributed by atoms with Crippen molar-refractivity contribution in [3.63, 3.8) is 0 Å². The van der Waals surface area contributed by atoms with Crippen LogP contribution < -0.4 is 10.6 Å². The quantitative estimate of drug-likeness (QED) is 0.203. The van der Waals surface area contributed by atoms with E-state index in [4.69, 9.17) is 9.97 Å². The zero-order valence-corrected chi connectivity index (χ0v) is 28.5. The normalized spacial score (nSPS) is 26.7. The summed E-state index contributed by atoms with van der Waals surface area (Å²) in [7, 11) is 2.00. The molecule has 3 N–H and O–H groups in total. The van der Waals surface area contributed by atoms with Crippen LogP contribution in [0.5, 0.6) is 0 Å². The minimum absolute atomic E-state index is 0.0574. The van der Waals surface area contributed by atoms with E-state index in [1.165, 1.54) is 48.9 Å². The van der Waals surface area contributed by atoms with Gasteiger partial charge in [0.25, 0.3) is 0 Å². The van der Waals surface area contributed by atoms with Crippen molar-refractivity contribution in [3.05, 3.63) is 65.1 Å². The molecule has 1 aliphatic heterocycles. The highest BCUT2D eigenvalue weighted by atomic mass is 16.4. The van der Waals surface area contributed by atoms with Crippen molar-refractivity contribution in [3.8, 4) is 0 Å². The zero-order valence-electron chi connectivity index (χ0n) is 28.5. The maximum atomic E-state index is 11.6. The lowest BCUT2D eigenvalue weighted by atomic mass is 9.74. The SMILES string of the molecule is CC[C@@H](Nc1nc2c(c(N[C@@H](CN3CCCC4(CC4)C3)c3cnn(C)c3)n1)[C@H](C)[C@H](c1ccccc1)CC2)C1CCC(C(=O)O)CC1. The first kappa shape index (κ1) is 32.1. The number of aryl methyl sites for hydroxylation is 2. The summed E-state index contributed by atoms with van der Waals surface area (Å²) in [5, 5.41) is 21.9. The number of hydrogen-bond donors (Lipinski definition) is 3. The number of anilines is 2. The number of piperidine rings is 1. The third kappa shape index (κ3) is 7.06. The van der Waals surface area contributed by atoms with Crippen molar-refractivity contribution in [2.24, 2.45) is 24.3 Å². The van der Waals surface area contributed by atoms with Gasteiger partial charge in [-0.15, -0.1) is 0 Å². The van der Waals surface area contributed by atoms with Crippen molar-refractivity contribution in [1.29, 1.82) is 0 Å². The smallest absolute Gasteiger partial charge is 0.306 e. The molecule has 0 bridgehead atoms. The first-order valence-electron chi connectivity index (χ1n) is 18.2. The summed E-state index contributed by atoms with van der Waals surface area (Å²) in [5.74, 6) is 1.88. The molecule has 1 saturated heterocycles. The Morgan fingerprint density at radius 1 is 1.06 bits per heavy atom. The van der Waals surface area contributed by atoms with Crippen molar-refractivity contribution >= 4 is 17.7 Å². The minimum atomic E-state index is -0.652. The molecule has 0 radical (unpaired) electrons. The second-order valence-corrected chi connectivity index (χ2v) is 15.2. The van der Waals surface area contributed by atoms with Crippen molar-refractivity contribution in [2.45, 2.75) is 108 Å². The molecule has 9 heteroatoms. The predicted molar refractivity (Wildman–Crippen MR) is 186 cm³/mol. The Hall–Kier alpha value is -3.46. The number of benzene rings is 1. The number of hydrogen-bond acceptors (Lipinski definition) is 7. The number of nitrogens with zero attached hydrogens (tertiary/aromatic N) is 5. The fraction of sp³-hybridized carbons (Fsp3) is 0.632. The zero-order chi connectivity index (χ0) is 32.5. The number of aromatic nitrogens is 4. The minimum Gasteiger partial charge on any atom is -0.481 e. The second-order valence-electron chi connectivity index (χ2n) is 15.2. The molecule has 4 atom stereocenters. The van der Waals surface area contributed by atoms with Crippen LogP contribution in [0.4, 0.5) is 11.8 Å². The average Bonchev–Trinajstić information content (AvgIpc) is 3.67. The Balaban J connectivity index is 1.20. The molecule has 1 aromatic carbocycles. The van der Waals surface area contributed by atoms with Crippen LogP contribution in [0.15, 0.2) is 42.7 Å². The third-order valence-corrected chi connectivity index (χ3v) is 12.0. The van der Waals surface area contributed by atoms with Gasteiger partial charge in [-0.1, -0.05) is 44.2 Å². The summed E-state index contributed by atoms with van der Waals surface area (Å²) in [6.45, 7) is 7.83. The van der Waals surface area contributed by atoms with Gasteiger partial charge >= 0.3 is 5.97 Å². The molecule has 3 heterocycles. The van der Waals surface area contributed by atoms with Gasteiger partial charge in [0.05, 0.1) is 23.9 Å². The molecule has 3 aromatic rings. The number of carboxylic acid groups (broad SMARTS) is 1. The van der Waals surface area contributed by atoms with Crippen LogP contribution in [-0.4, -0.2) is 61.4 Å². The fourth-order valence-corrected chi connectivity index (χ4v) is 9.07. The van der Waals surface area contributed by atoms with Gasteiger partial charge in [-0.05, 0) is 106 Å². The molecule has 2 aromatic heterocycles. The van der Waals surface area contributed by atoms with E-state index in [-0.39, 0.29) is 23.9 Å². The number of fused-ring (bicyclic) bond motifs is 1. The number of likely N-dealkylation sites (tertiary alicyclic amines) is 1. The van der Waals surface area contributed by atoms with Crippen LogP contribution in [0, 0.1) is 17.3 Å². The Morgan fingerprint density at radius 2 is 1.85 bits per heavy atom. The van der Waals surface area contributed by atoms with Gasteiger partial charge in [-0.3, -0.25) is 9.48 Å². The molecule has 3 aliphatic carbocycles. The lowest BCUT2D eigenvalue weighted by Crippen LogP contribution is -2.40. The van der Waals surface area contributed by atoms with Gasteiger partial charge in [0.1, 0.15) is 5.82 Å². The lowest BCUT2D eigenvalue weighted by molar-refractivity contribution is -0.143. The number of aliphatic carboxylic acids is 1. The summed E-state index contributed by atoms with van der Waals surface area (Å²) in [6.07, 6.45) is 15.8. The monoisotopic (exact) mass is 639 g/mol. The van der Waals surface area contributed by atoms with Crippen molar-refractivity contribution < 1.29 is 9.90 Å². The van der Waals surface area contributed by atoms with E-state index in [1.807, 2.05) is 17.9 Å². The van der Waals surface area contributed by atoms with Crippen molar-refractivity contribution in [1.82, 2.24) is 24.6 Å². The Labute approximate surface area is 280 Å². The standard InChI is InChI=1S/C38H53N7O2/c1-4-31(27-11-13-28(14-12-27)36(46)47)41-37-42-32-16-15-30(26-9-6-5-7-10-26)25(2)34(32)35(43-37)40-33(29-21-39-44(3)22-29)23-45-20-8-17-38(24-45)18-19-38/h5-7,9-10,21-22,25,27-28,30-31,33H,4,8,11-20,23-24H2,1-3H3,(H,46,47)(H2,40,41,42,43)/t25-,27?,28?,30-,31-,33+/m1/s1. The van der Waals surface area contributed by atoms with E-state index in [9.17, 15) is 9.90 Å². The maximum absolute atomic E-state index is 11.6. The summed E-state index contributed by atoms with van der Waals surface area (Å²) in [5.41, 5.74) is 5.52. The van der Waals surface area contributed by atoms with Crippen LogP contribution in [-0.2, 0) is 18.3 Å². The van der Waals surface area contributed by atoms with Gasteiger partial charge in [0.2, 0.25) is 5.95 Å². The van der Waals surface area contributed by atoms with Crippen LogP contribution in [0.1, 0.15) is 118 Å². The highest BCUT2D eigenvalue weighted by molar-refractivity contribution is 5.70. The molecule has 7 rings (SSSR count). The third-order valence-electron chi connectivity index (χ3n) is 12.0. The molecular formula is C38H53N7O2.